The van der Waals surface area contributed by atoms with E-state index in [9.17, 15) is 19.2 Å². The van der Waals surface area contributed by atoms with E-state index < -0.39 is 35.2 Å². The summed E-state index contributed by atoms with van der Waals surface area (Å²) in [7, 11) is 1.24. The predicted molar refractivity (Wildman–Crippen MR) is 101 cm³/mol. The van der Waals surface area contributed by atoms with Crippen molar-refractivity contribution in [1.29, 1.82) is 0 Å². The minimum absolute atomic E-state index is 0.00729. The number of nitrogen functional groups attached to an aromatic ring is 2. The summed E-state index contributed by atoms with van der Waals surface area (Å²) in [5, 5.41) is 0.271. The van der Waals surface area contributed by atoms with Gasteiger partial charge in [0.05, 0.1) is 5.56 Å². The summed E-state index contributed by atoms with van der Waals surface area (Å²) in [6, 6.07) is 4.23. The van der Waals surface area contributed by atoms with E-state index in [2.05, 4.69) is 0 Å². The maximum absolute atomic E-state index is 12.5. The Morgan fingerprint density at radius 3 is 2.52 bits per heavy atom. The summed E-state index contributed by atoms with van der Waals surface area (Å²) in [6.45, 7) is 1.31. The molecule has 4 N–H and O–H groups in total. The van der Waals surface area contributed by atoms with Gasteiger partial charge in [0.2, 0.25) is 5.78 Å². The number of nitrogens with two attached hydrogens (primary N) is 2. The molecule has 2 rings (SSSR count). The number of ether oxygens (including phenoxy) is 1. The highest BCUT2D eigenvalue weighted by Gasteiger charge is 2.23. The normalized spacial score (nSPS) is 10.6. The number of aromatic nitrogens is 2. The van der Waals surface area contributed by atoms with E-state index >= 15 is 0 Å². The van der Waals surface area contributed by atoms with Gasteiger partial charge in [0.15, 0.2) is 6.61 Å². The van der Waals surface area contributed by atoms with Crippen LogP contribution in [0.15, 0.2) is 27.8 Å². The molecule has 2 aromatic rings. The molecule has 10 heteroatoms. The minimum atomic E-state index is -0.874. The zero-order valence-corrected chi connectivity index (χ0v) is 15.6. The van der Waals surface area contributed by atoms with Gasteiger partial charge in [0, 0.05) is 24.3 Å². The monoisotopic (exact) mass is 394 g/mol. The Labute approximate surface area is 159 Å². The zero-order valence-electron chi connectivity index (χ0n) is 14.8. The third kappa shape index (κ3) is 4.03. The molecule has 0 bridgehead atoms. The second kappa shape index (κ2) is 8.09. The van der Waals surface area contributed by atoms with Gasteiger partial charge in [-0.3, -0.25) is 18.7 Å². The molecule has 0 fully saturated rings. The van der Waals surface area contributed by atoms with Crippen molar-refractivity contribution >= 4 is 34.9 Å². The van der Waals surface area contributed by atoms with E-state index in [0.717, 1.165) is 9.13 Å². The number of hydrogen-bond donors (Lipinski definition) is 2. The number of hydrogen-bond acceptors (Lipinski definition) is 7. The molecule has 1 heterocycles. The van der Waals surface area contributed by atoms with Crippen molar-refractivity contribution in [1.82, 2.24) is 9.13 Å². The second-order valence-electron chi connectivity index (χ2n) is 5.79. The van der Waals surface area contributed by atoms with Gasteiger partial charge >= 0.3 is 11.7 Å². The average molecular weight is 395 g/mol. The number of ketones is 1. The quantitative estimate of drug-likeness (QED) is 0.419. The van der Waals surface area contributed by atoms with Gasteiger partial charge in [0.1, 0.15) is 11.4 Å². The van der Waals surface area contributed by atoms with E-state index in [4.69, 9.17) is 27.8 Å². The maximum atomic E-state index is 12.5. The largest absolute Gasteiger partial charge is 0.454 e. The van der Waals surface area contributed by atoms with E-state index in [1.807, 2.05) is 6.92 Å². The fourth-order valence-corrected chi connectivity index (χ4v) is 2.64. The molecule has 1 aromatic heterocycles. The fourth-order valence-electron chi connectivity index (χ4n) is 2.47. The van der Waals surface area contributed by atoms with Crippen LogP contribution in [0.5, 0.6) is 0 Å². The molecule has 0 aliphatic heterocycles. The van der Waals surface area contributed by atoms with Crippen molar-refractivity contribution in [2.75, 3.05) is 18.1 Å². The van der Waals surface area contributed by atoms with Crippen LogP contribution in [0.4, 0.5) is 11.5 Å². The highest BCUT2D eigenvalue weighted by atomic mass is 35.5. The van der Waals surface area contributed by atoms with Gasteiger partial charge < -0.3 is 16.2 Å². The van der Waals surface area contributed by atoms with E-state index in [1.54, 1.807) is 0 Å². The Bertz CT molecular complexity index is 1030. The van der Waals surface area contributed by atoms with E-state index in [-0.39, 0.29) is 28.6 Å². The molecular formula is C17H19ClN4O5. The standard InChI is InChI=1S/C17H19ClN4O5/c1-3-6-22-14(20)13(15(24)21(2)17(22)26)12(23)8-27-16(25)10-7-9(18)4-5-11(10)19/h4-5,7H,3,6,8,19-20H2,1-2H3. The summed E-state index contributed by atoms with van der Waals surface area (Å²) >= 11 is 5.82. The Morgan fingerprint density at radius 1 is 1.22 bits per heavy atom. The van der Waals surface area contributed by atoms with Crippen molar-refractivity contribution in [2.45, 2.75) is 19.9 Å². The molecule has 0 radical (unpaired) electrons. The first-order valence-corrected chi connectivity index (χ1v) is 8.41. The molecule has 1 aromatic carbocycles. The van der Waals surface area contributed by atoms with Crippen molar-refractivity contribution < 1.29 is 14.3 Å². The predicted octanol–water partition coefficient (Wildman–Crippen LogP) is 0.814. The zero-order chi connectivity index (χ0) is 20.3. The summed E-state index contributed by atoms with van der Waals surface area (Å²) in [4.78, 5) is 49.0. The molecule has 0 atom stereocenters. The Kier molecular flexibility index (Phi) is 6.06. The van der Waals surface area contributed by atoms with Crippen molar-refractivity contribution in [3.8, 4) is 0 Å². The number of nitrogens with zero attached hydrogens (tertiary/aromatic N) is 2. The van der Waals surface area contributed by atoms with E-state index in [1.165, 1.54) is 25.2 Å². The van der Waals surface area contributed by atoms with Gasteiger partial charge in [-0.1, -0.05) is 18.5 Å². The first-order chi connectivity index (χ1) is 12.7. The number of esters is 1. The number of rotatable bonds is 6. The van der Waals surface area contributed by atoms with Crippen LogP contribution in [-0.4, -0.2) is 27.5 Å². The molecule has 0 aliphatic rings. The average Bonchev–Trinajstić information content (AvgIpc) is 2.63. The summed E-state index contributed by atoms with van der Waals surface area (Å²) in [5.41, 5.74) is 9.78. The van der Waals surface area contributed by atoms with Crippen LogP contribution >= 0.6 is 11.6 Å². The number of Topliss-reactive ketones (excluding diaryl/α,β-unsaturated/α-hetero) is 1. The molecule has 0 saturated carbocycles. The number of benzene rings is 1. The third-order valence-corrected chi connectivity index (χ3v) is 4.11. The van der Waals surface area contributed by atoms with Crippen LogP contribution in [0.1, 0.15) is 34.1 Å². The van der Waals surface area contributed by atoms with Gasteiger partial charge in [-0.25, -0.2) is 9.59 Å². The molecule has 0 saturated heterocycles. The lowest BCUT2D eigenvalue weighted by atomic mass is 10.2. The Balaban J connectivity index is 2.31. The Hall–Kier alpha value is -3.07. The molecule has 0 spiro atoms. The fraction of sp³-hybridized carbons (Fsp3) is 0.294. The van der Waals surface area contributed by atoms with Crippen LogP contribution in [0.2, 0.25) is 5.02 Å². The van der Waals surface area contributed by atoms with Crippen molar-refractivity contribution in [2.24, 2.45) is 7.05 Å². The lowest BCUT2D eigenvalue weighted by Gasteiger charge is -2.14. The smallest absolute Gasteiger partial charge is 0.340 e. The van der Waals surface area contributed by atoms with E-state index in [0.29, 0.717) is 6.42 Å². The number of anilines is 2. The molecule has 27 heavy (non-hydrogen) atoms. The molecule has 9 nitrogen and oxygen atoms in total. The van der Waals surface area contributed by atoms with Crippen molar-refractivity contribution in [3.63, 3.8) is 0 Å². The highest BCUT2D eigenvalue weighted by Crippen LogP contribution is 2.19. The topological polar surface area (TPSA) is 139 Å². The lowest BCUT2D eigenvalue weighted by molar-refractivity contribution is 0.0475. The lowest BCUT2D eigenvalue weighted by Crippen LogP contribution is -2.43. The molecular weight excluding hydrogens is 376 g/mol. The number of carbonyl (C=O) groups excluding carboxylic acids is 2. The summed E-state index contributed by atoms with van der Waals surface area (Å²) in [6.07, 6.45) is 0.568. The molecule has 0 amide bonds. The van der Waals surface area contributed by atoms with Crippen LogP contribution in [0, 0.1) is 0 Å². The number of halogens is 1. The molecule has 0 aliphatic carbocycles. The molecule has 144 valence electrons. The van der Waals surface area contributed by atoms with Gasteiger partial charge in [0.25, 0.3) is 5.56 Å². The van der Waals surface area contributed by atoms with Crippen LogP contribution in [-0.2, 0) is 18.3 Å². The Morgan fingerprint density at radius 2 is 1.89 bits per heavy atom. The number of carbonyl (C=O) groups is 2. The second-order valence-corrected chi connectivity index (χ2v) is 6.23. The van der Waals surface area contributed by atoms with Crippen LogP contribution in [0.25, 0.3) is 0 Å². The highest BCUT2D eigenvalue weighted by molar-refractivity contribution is 6.31. The first kappa shape index (κ1) is 20.2. The summed E-state index contributed by atoms with van der Waals surface area (Å²) in [5.74, 6) is -1.96. The maximum Gasteiger partial charge on any atom is 0.340 e. The third-order valence-electron chi connectivity index (χ3n) is 3.88. The summed E-state index contributed by atoms with van der Waals surface area (Å²) < 4.78 is 6.86. The van der Waals surface area contributed by atoms with Gasteiger partial charge in [-0.15, -0.1) is 0 Å². The minimum Gasteiger partial charge on any atom is -0.454 e. The van der Waals surface area contributed by atoms with Crippen LogP contribution < -0.4 is 22.7 Å². The van der Waals surface area contributed by atoms with Gasteiger partial charge in [-0.2, -0.15) is 0 Å². The van der Waals surface area contributed by atoms with Gasteiger partial charge in [-0.05, 0) is 24.6 Å². The molecule has 0 unspecified atom stereocenters. The van der Waals surface area contributed by atoms with Crippen LogP contribution in [0.3, 0.4) is 0 Å². The van der Waals surface area contributed by atoms with Crippen molar-refractivity contribution in [3.05, 3.63) is 55.2 Å². The SMILES string of the molecule is CCCn1c(N)c(C(=O)COC(=O)c2cc(Cl)ccc2N)c(=O)n(C)c1=O. The first-order valence-electron chi connectivity index (χ1n) is 8.03.